The van der Waals surface area contributed by atoms with Crippen LogP contribution in [0, 0.1) is 0 Å². The Hall–Kier alpha value is -6.26. The van der Waals surface area contributed by atoms with Gasteiger partial charge >= 0.3 is 12.1 Å². The first-order chi connectivity index (χ1) is 26.6. The number of benzene rings is 5. The van der Waals surface area contributed by atoms with E-state index in [4.69, 9.17) is 9.47 Å². The zero-order valence-electron chi connectivity index (χ0n) is 30.7. The average Bonchev–Trinajstić information content (AvgIpc) is 3.71. The van der Waals surface area contributed by atoms with Gasteiger partial charge in [0.15, 0.2) is 6.04 Å². The predicted molar refractivity (Wildman–Crippen MR) is 207 cm³/mol. The molecule has 0 spiro atoms. The maximum absolute atomic E-state index is 14.3. The lowest BCUT2D eigenvalue weighted by atomic mass is 9.77. The van der Waals surface area contributed by atoms with Crippen LogP contribution >= 0.6 is 0 Å². The third kappa shape index (κ3) is 7.33. The first-order valence-corrected chi connectivity index (χ1v) is 18.4. The van der Waals surface area contributed by atoms with Gasteiger partial charge in [-0.1, -0.05) is 140 Å². The summed E-state index contributed by atoms with van der Waals surface area (Å²) < 4.78 is 11.5. The van der Waals surface area contributed by atoms with E-state index >= 15 is 0 Å². The van der Waals surface area contributed by atoms with Crippen molar-refractivity contribution in [2.45, 2.75) is 56.0 Å². The van der Waals surface area contributed by atoms with Gasteiger partial charge in [-0.05, 0) is 59.2 Å². The molecule has 2 aliphatic rings. The lowest BCUT2D eigenvalue weighted by Crippen LogP contribution is -2.58. The fourth-order valence-corrected chi connectivity index (χ4v) is 7.94. The number of alkyl carbamates (subject to hydrolysis) is 1. The molecular formula is C45H43N3O7. The van der Waals surface area contributed by atoms with Crippen molar-refractivity contribution in [1.29, 1.82) is 0 Å². The average molecular weight is 738 g/mol. The maximum atomic E-state index is 14.3. The van der Waals surface area contributed by atoms with Crippen LogP contribution < -0.4 is 10.6 Å². The second-order valence-electron chi connectivity index (χ2n) is 14.3. The molecule has 10 nitrogen and oxygen atoms in total. The number of carbonyl (C=O) groups is 4. The molecule has 5 aromatic carbocycles. The Morgan fingerprint density at radius 3 is 1.73 bits per heavy atom. The van der Waals surface area contributed by atoms with E-state index in [1.54, 1.807) is 13.8 Å². The molecule has 55 heavy (non-hydrogen) atoms. The van der Waals surface area contributed by atoms with E-state index in [-0.39, 0.29) is 32.0 Å². The number of carbonyl (C=O) groups excluding carboxylic acids is 3. The smallest absolute Gasteiger partial charge is 0.407 e. The minimum Gasteiger partial charge on any atom is -0.480 e. The molecule has 2 unspecified atom stereocenters. The van der Waals surface area contributed by atoms with Crippen molar-refractivity contribution < 1.29 is 33.8 Å². The molecule has 1 aliphatic heterocycles. The number of hydrogen-bond donors (Lipinski definition) is 3. The molecule has 1 heterocycles. The molecule has 0 radical (unpaired) electrons. The molecule has 0 aromatic heterocycles. The number of amides is 3. The second kappa shape index (κ2) is 15.6. The van der Waals surface area contributed by atoms with Crippen molar-refractivity contribution in [2.75, 3.05) is 13.2 Å². The highest BCUT2D eigenvalue weighted by Gasteiger charge is 2.49. The zero-order valence-corrected chi connectivity index (χ0v) is 30.7. The van der Waals surface area contributed by atoms with Crippen LogP contribution in [0.25, 0.3) is 11.1 Å². The minimum absolute atomic E-state index is 0.00503. The lowest BCUT2D eigenvalue weighted by Gasteiger charge is -2.37. The quantitative estimate of drug-likeness (QED) is 0.120. The van der Waals surface area contributed by atoms with Gasteiger partial charge in [0.1, 0.15) is 23.9 Å². The number of carboxylic acid groups (broad SMARTS) is 1. The minimum atomic E-state index is -1.32. The maximum Gasteiger partial charge on any atom is 0.407 e. The van der Waals surface area contributed by atoms with Gasteiger partial charge in [0.2, 0.25) is 11.8 Å². The molecule has 5 aromatic rings. The Balaban J connectivity index is 1.15. The SMILES string of the molecule is CC1(C)OCC(C(=O)O)N1C(=O)C(CCC(=O)NC(c1ccccc1)(c1ccccc1)c1ccccc1)NC(=O)OCC1c2ccccc2-c2ccccc21. The van der Waals surface area contributed by atoms with Crippen LogP contribution in [0.5, 0.6) is 0 Å². The van der Waals surface area contributed by atoms with Gasteiger partial charge in [0, 0.05) is 12.3 Å². The lowest BCUT2D eigenvalue weighted by molar-refractivity contribution is -0.156. The summed E-state index contributed by atoms with van der Waals surface area (Å²) in [4.78, 5) is 55.6. The van der Waals surface area contributed by atoms with E-state index in [1.165, 1.54) is 0 Å². The molecule has 10 heteroatoms. The van der Waals surface area contributed by atoms with Crippen molar-refractivity contribution in [3.05, 3.63) is 167 Å². The van der Waals surface area contributed by atoms with Gasteiger partial charge in [-0.3, -0.25) is 14.5 Å². The monoisotopic (exact) mass is 737 g/mol. The fourth-order valence-electron chi connectivity index (χ4n) is 7.94. The summed E-state index contributed by atoms with van der Waals surface area (Å²) in [6.07, 6.45) is -1.21. The highest BCUT2D eigenvalue weighted by atomic mass is 16.6. The number of nitrogens with zero attached hydrogens (tertiary/aromatic N) is 1. The molecule has 1 aliphatic carbocycles. The topological polar surface area (TPSA) is 134 Å². The Kier molecular flexibility index (Phi) is 10.5. The van der Waals surface area contributed by atoms with Crippen molar-refractivity contribution >= 4 is 23.9 Å². The molecule has 2 atom stereocenters. The summed E-state index contributed by atoms with van der Waals surface area (Å²) in [5, 5.41) is 16.0. The summed E-state index contributed by atoms with van der Waals surface area (Å²) in [7, 11) is 0. The largest absolute Gasteiger partial charge is 0.480 e. The Bertz CT molecular complexity index is 2030. The molecular weight excluding hydrogens is 695 g/mol. The Labute approximate surface area is 320 Å². The van der Waals surface area contributed by atoms with E-state index in [0.717, 1.165) is 43.8 Å². The van der Waals surface area contributed by atoms with Gasteiger partial charge in [-0.2, -0.15) is 0 Å². The standard InChI is InChI=1S/C45H43N3O7/c1-44(2)48(39(29-55-44)42(51)52)41(50)38(46-43(53)54-28-37-35-24-14-12-22-33(35)34-23-13-15-25-36(34)37)26-27-40(49)47-45(30-16-6-3-7-17-30,31-18-8-4-9-19-31)32-20-10-5-11-21-32/h3-25,37-39H,26-29H2,1-2H3,(H,46,53)(H,47,49)(H,51,52). The van der Waals surface area contributed by atoms with Gasteiger partial charge in [-0.15, -0.1) is 0 Å². The molecule has 0 saturated carbocycles. The third-order valence-electron chi connectivity index (χ3n) is 10.6. The van der Waals surface area contributed by atoms with Crippen LogP contribution in [0.2, 0.25) is 0 Å². The first kappa shape index (κ1) is 37.1. The normalized spacial score (nSPS) is 16.4. The van der Waals surface area contributed by atoms with E-state index in [2.05, 4.69) is 10.6 Å². The molecule has 0 bridgehead atoms. The number of nitrogens with one attached hydrogen (secondary N) is 2. The van der Waals surface area contributed by atoms with Gasteiger partial charge in [-0.25, -0.2) is 9.59 Å². The van der Waals surface area contributed by atoms with E-state index < -0.39 is 47.2 Å². The van der Waals surface area contributed by atoms with Crippen LogP contribution in [-0.2, 0) is 29.4 Å². The summed E-state index contributed by atoms with van der Waals surface area (Å²) in [5.74, 6) is -2.55. The van der Waals surface area contributed by atoms with Gasteiger partial charge in [0.05, 0.1) is 6.61 Å². The molecule has 280 valence electrons. The van der Waals surface area contributed by atoms with E-state index in [9.17, 15) is 24.3 Å². The molecule has 3 N–H and O–H groups in total. The first-order valence-electron chi connectivity index (χ1n) is 18.4. The number of fused-ring (bicyclic) bond motifs is 3. The fraction of sp³-hybridized carbons (Fsp3) is 0.244. The van der Waals surface area contributed by atoms with Crippen LogP contribution in [0.3, 0.4) is 0 Å². The number of carboxylic acids is 1. The van der Waals surface area contributed by atoms with Crippen LogP contribution in [-0.4, -0.2) is 64.9 Å². The molecule has 1 saturated heterocycles. The Morgan fingerprint density at radius 1 is 0.764 bits per heavy atom. The Morgan fingerprint density at radius 2 is 1.24 bits per heavy atom. The molecule has 3 amide bonds. The number of hydrogen-bond acceptors (Lipinski definition) is 6. The van der Waals surface area contributed by atoms with Gasteiger partial charge < -0.3 is 25.2 Å². The van der Waals surface area contributed by atoms with Crippen molar-refractivity contribution in [3.8, 4) is 11.1 Å². The summed E-state index contributed by atoms with van der Waals surface area (Å²) in [5.41, 5.74) is 4.28. The van der Waals surface area contributed by atoms with Gasteiger partial charge in [0.25, 0.3) is 0 Å². The summed E-state index contributed by atoms with van der Waals surface area (Å²) in [6.45, 7) is 2.97. The van der Waals surface area contributed by atoms with Crippen LogP contribution in [0.15, 0.2) is 140 Å². The summed E-state index contributed by atoms with van der Waals surface area (Å²) >= 11 is 0. The molecule has 7 rings (SSSR count). The van der Waals surface area contributed by atoms with Crippen LogP contribution in [0.1, 0.15) is 60.4 Å². The van der Waals surface area contributed by atoms with E-state index in [0.29, 0.717) is 0 Å². The molecule has 1 fully saturated rings. The predicted octanol–water partition coefficient (Wildman–Crippen LogP) is 6.83. The zero-order chi connectivity index (χ0) is 38.6. The van der Waals surface area contributed by atoms with Crippen molar-refractivity contribution in [2.24, 2.45) is 0 Å². The van der Waals surface area contributed by atoms with Crippen LogP contribution in [0.4, 0.5) is 4.79 Å². The van der Waals surface area contributed by atoms with Crippen molar-refractivity contribution in [3.63, 3.8) is 0 Å². The number of aliphatic carboxylic acids is 1. The number of ether oxygens (including phenoxy) is 2. The third-order valence-corrected chi connectivity index (χ3v) is 10.6. The summed E-state index contributed by atoms with van der Waals surface area (Å²) in [6, 6.07) is 42.2. The highest BCUT2D eigenvalue weighted by Crippen LogP contribution is 2.44. The van der Waals surface area contributed by atoms with E-state index in [1.807, 2.05) is 140 Å². The van der Waals surface area contributed by atoms with Crippen molar-refractivity contribution in [1.82, 2.24) is 15.5 Å². The second-order valence-corrected chi connectivity index (χ2v) is 14.3. The number of rotatable bonds is 12. The highest BCUT2D eigenvalue weighted by molar-refractivity contribution is 5.91.